The van der Waals surface area contributed by atoms with Gasteiger partial charge in [-0.2, -0.15) is 15.8 Å². The highest BCUT2D eigenvalue weighted by Crippen LogP contribution is 2.40. The molecule has 8 rings (SSSR count). The minimum atomic E-state index is 0.281. The lowest BCUT2D eigenvalue weighted by Crippen LogP contribution is -2.02. The summed E-state index contributed by atoms with van der Waals surface area (Å²) in [7, 11) is 0. The van der Waals surface area contributed by atoms with E-state index < -0.39 is 0 Å². The smallest absolute Gasteiger partial charge is 0.101 e. The third kappa shape index (κ3) is 3.21. The van der Waals surface area contributed by atoms with Gasteiger partial charge in [0.15, 0.2) is 0 Å². The molecule has 0 fully saturated rings. The van der Waals surface area contributed by atoms with Crippen LogP contribution in [0.15, 0.2) is 115 Å². The molecule has 6 aromatic carbocycles. The summed E-state index contributed by atoms with van der Waals surface area (Å²) in [5.41, 5.74) is 6.27. The van der Waals surface area contributed by atoms with Crippen molar-refractivity contribution in [2.75, 3.05) is 0 Å². The summed E-state index contributed by atoms with van der Waals surface area (Å²) in [5, 5.41) is 36.5. The van der Waals surface area contributed by atoms with Crippen molar-refractivity contribution >= 4 is 54.4 Å². The van der Waals surface area contributed by atoms with E-state index in [2.05, 4.69) is 102 Å². The van der Waals surface area contributed by atoms with Gasteiger partial charge >= 0.3 is 0 Å². The lowest BCUT2D eigenvalue weighted by molar-refractivity contribution is 1.15. The van der Waals surface area contributed by atoms with Crippen LogP contribution in [-0.2, 0) is 0 Å². The van der Waals surface area contributed by atoms with E-state index in [0.717, 1.165) is 54.7 Å². The van der Waals surface area contributed by atoms with Crippen molar-refractivity contribution in [3.8, 4) is 29.6 Å². The van der Waals surface area contributed by atoms with Crippen molar-refractivity contribution in [2.45, 2.75) is 0 Å². The molecule has 42 heavy (non-hydrogen) atoms. The third-order valence-electron chi connectivity index (χ3n) is 8.16. The van der Waals surface area contributed by atoms with Gasteiger partial charge in [-0.05, 0) is 59.3 Å². The molecule has 192 valence electrons. The van der Waals surface area contributed by atoms with Crippen molar-refractivity contribution in [1.29, 1.82) is 15.8 Å². The molecule has 0 spiro atoms. The Labute approximate surface area is 240 Å². The molecule has 2 aromatic heterocycles. The molecule has 0 saturated heterocycles. The topological polar surface area (TPSA) is 81.2 Å². The molecular weight excluding hydrogens is 514 g/mol. The first kappa shape index (κ1) is 23.5. The van der Waals surface area contributed by atoms with Crippen LogP contribution in [0, 0.1) is 34.0 Å². The average Bonchev–Trinajstić information content (AvgIpc) is 3.54. The van der Waals surface area contributed by atoms with Crippen molar-refractivity contribution in [1.82, 2.24) is 9.13 Å². The molecular formula is C37H19N5. The van der Waals surface area contributed by atoms with Crippen LogP contribution < -0.4 is 0 Å². The number of para-hydroxylation sites is 2. The zero-order valence-electron chi connectivity index (χ0n) is 22.2. The lowest BCUT2D eigenvalue weighted by atomic mass is 10.0. The summed E-state index contributed by atoms with van der Waals surface area (Å²) in [4.78, 5) is 0. The molecule has 0 saturated carbocycles. The van der Waals surface area contributed by atoms with E-state index in [4.69, 9.17) is 0 Å². The molecule has 0 atom stereocenters. The SMILES string of the molecule is N#Cc1cc(C#N)c(-n2c3ccccc3c3cc4c5ccccc5n(-c5ccc6ccccc6c5)c4cc32)c(C#N)c1. The van der Waals surface area contributed by atoms with Crippen LogP contribution in [0.4, 0.5) is 0 Å². The largest absolute Gasteiger partial charge is 0.309 e. The molecule has 0 aliphatic heterocycles. The third-order valence-corrected chi connectivity index (χ3v) is 8.16. The van der Waals surface area contributed by atoms with Crippen molar-refractivity contribution < 1.29 is 0 Å². The van der Waals surface area contributed by atoms with E-state index in [1.165, 1.54) is 5.39 Å². The summed E-state index contributed by atoms with van der Waals surface area (Å²) in [5.74, 6) is 0. The highest BCUT2D eigenvalue weighted by atomic mass is 15.0. The summed E-state index contributed by atoms with van der Waals surface area (Å²) < 4.78 is 4.29. The standard InChI is InChI=1S/C37H19N5/c38-20-23-15-26(21-39)37(27(16-23)22-40)42-34-12-6-4-10-30(34)32-18-31-29-9-3-5-11-33(29)41(35(31)19-36(32)42)28-14-13-24-7-1-2-8-25(24)17-28/h1-19H. The monoisotopic (exact) mass is 533 g/mol. The average molecular weight is 534 g/mol. The van der Waals surface area contributed by atoms with Gasteiger partial charge in [0.2, 0.25) is 0 Å². The minimum absolute atomic E-state index is 0.281. The van der Waals surface area contributed by atoms with Crippen LogP contribution in [0.2, 0.25) is 0 Å². The van der Waals surface area contributed by atoms with Crippen LogP contribution in [-0.4, -0.2) is 9.13 Å². The van der Waals surface area contributed by atoms with Gasteiger partial charge in [-0.1, -0.05) is 66.7 Å². The molecule has 0 N–H and O–H groups in total. The van der Waals surface area contributed by atoms with Crippen LogP contribution in [0.3, 0.4) is 0 Å². The predicted octanol–water partition coefficient (Wildman–Crippen LogP) is 8.65. The summed E-state index contributed by atoms with van der Waals surface area (Å²) in [6.07, 6.45) is 0. The lowest BCUT2D eigenvalue weighted by Gasteiger charge is -2.13. The normalized spacial score (nSPS) is 11.3. The maximum absolute atomic E-state index is 10.2. The number of benzene rings is 6. The molecule has 8 aromatic rings. The molecule has 0 aliphatic carbocycles. The summed E-state index contributed by atoms with van der Waals surface area (Å²) in [6, 6.07) is 45.4. The molecule has 0 bridgehead atoms. The maximum atomic E-state index is 10.2. The van der Waals surface area contributed by atoms with Gasteiger partial charge in [0.1, 0.15) is 12.1 Å². The summed E-state index contributed by atoms with van der Waals surface area (Å²) >= 11 is 0. The molecule has 5 nitrogen and oxygen atoms in total. The number of aromatic nitrogens is 2. The van der Waals surface area contributed by atoms with Gasteiger partial charge in [0, 0.05) is 27.2 Å². The molecule has 0 radical (unpaired) electrons. The second kappa shape index (κ2) is 8.83. The van der Waals surface area contributed by atoms with E-state index in [-0.39, 0.29) is 16.7 Å². The highest BCUT2D eigenvalue weighted by molar-refractivity contribution is 6.19. The summed E-state index contributed by atoms with van der Waals surface area (Å²) in [6.45, 7) is 0. The van der Waals surface area contributed by atoms with Crippen LogP contribution in [0.1, 0.15) is 16.7 Å². The Hall–Kier alpha value is -6.35. The van der Waals surface area contributed by atoms with Crippen molar-refractivity contribution in [3.63, 3.8) is 0 Å². The Bertz CT molecular complexity index is 2520. The number of hydrogen-bond donors (Lipinski definition) is 0. The molecule has 0 amide bonds. The fourth-order valence-electron chi connectivity index (χ4n) is 6.38. The number of nitrogens with zero attached hydrogens (tertiary/aromatic N) is 5. The Morgan fingerprint density at radius 2 is 1.00 bits per heavy atom. The van der Waals surface area contributed by atoms with Crippen LogP contribution in [0.25, 0.3) is 65.8 Å². The molecule has 0 unspecified atom stereocenters. The van der Waals surface area contributed by atoms with Gasteiger partial charge < -0.3 is 9.13 Å². The second-order valence-electron chi connectivity index (χ2n) is 10.4. The first-order valence-electron chi connectivity index (χ1n) is 13.5. The van der Waals surface area contributed by atoms with Crippen molar-refractivity contribution in [2.24, 2.45) is 0 Å². The predicted molar refractivity (Wildman–Crippen MR) is 167 cm³/mol. The number of nitriles is 3. The fourth-order valence-corrected chi connectivity index (χ4v) is 6.38. The van der Waals surface area contributed by atoms with Crippen LogP contribution in [0.5, 0.6) is 0 Å². The Morgan fingerprint density at radius 1 is 0.429 bits per heavy atom. The molecule has 5 heteroatoms. The van der Waals surface area contributed by atoms with Gasteiger partial charge in [-0.25, -0.2) is 0 Å². The van der Waals surface area contributed by atoms with Gasteiger partial charge in [0.05, 0.1) is 50.5 Å². The molecule has 2 heterocycles. The Balaban J connectivity index is 1.56. The van der Waals surface area contributed by atoms with E-state index in [0.29, 0.717) is 5.69 Å². The quantitative estimate of drug-likeness (QED) is 0.223. The van der Waals surface area contributed by atoms with E-state index >= 15 is 0 Å². The zero-order valence-corrected chi connectivity index (χ0v) is 22.2. The Morgan fingerprint density at radius 3 is 1.64 bits per heavy atom. The number of fused-ring (bicyclic) bond motifs is 7. The van der Waals surface area contributed by atoms with Gasteiger partial charge in [-0.3, -0.25) is 0 Å². The maximum Gasteiger partial charge on any atom is 0.101 e. The van der Waals surface area contributed by atoms with Crippen molar-refractivity contribution in [3.05, 3.63) is 132 Å². The highest BCUT2D eigenvalue weighted by Gasteiger charge is 2.22. The molecule has 0 aliphatic rings. The number of hydrogen-bond acceptors (Lipinski definition) is 3. The first-order chi connectivity index (χ1) is 20.7. The van der Waals surface area contributed by atoms with E-state index in [9.17, 15) is 15.8 Å². The number of rotatable bonds is 2. The van der Waals surface area contributed by atoms with E-state index in [1.54, 1.807) is 12.1 Å². The Kier molecular flexibility index (Phi) is 4.95. The first-order valence-corrected chi connectivity index (χ1v) is 13.5. The van der Waals surface area contributed by atoms with E-state index in [1.807, 2.05) is 28.8 Å². The van der Waals surface area contributed by atoms with Gasteiger partial charge in [-0.15, -0.1) is 0 Å². The second-order valence-corrected chi connectivity index (χ2v) is 10.4. The minimum Gasteiger partial charge on any atom is -0.309 e. The zero-order chi connectivity index (χ0) is 28.4. The fraction of sp³-hybridized carbons (Fsp3) is 0. The van der Waals surface area contributed by atoms with Gasteiger partial charge in [0.25, 0.3) is 0 Å². The van der Waals surface area contributed by atoms with Crippen LogP contribution >= 0.6 is 0 Å².